The third kappa shape index (κ3) is 2.98. The standard InChI is InChI=1S/C18H25N3O2/c1-3-20-17(22)13-5-4-10(2)14(9-13)21-18(23)15-11-6-7-12(8-11)16(15)19/h4-5,9,11-12,15-16H,3,6-8,19H2,1-2H3,(H,20,22)(H,21,23). The first-order valence-electron chi connectivity index (χ1n) is 8.46. The van der Waals surface area contributed by atoms with Crippen LogP contribution in [0, 0.1) is 24.7 Å². The second-order valence-corrected chi connectivity index (χ2v) is 6.81. The lowest BCUT2D eigenvalue weighted by atomic mass is 9.84. The van der Waals surface area contributed by atoms with E-state index in [0.717, 1.165) is 24.8 Å². The van der Waals surface area contributed by atoms with E-state index in [1.807, 2.05) is 19.9 Å². The molecule has 124 valence electrons. The van der Waals surface area contributed by atoms with Gasteiger partial charge in [0.15, 0.2) is 0 Å². The van der Waals surface area contributed by atoms with Crippen molar-refractivity contribution in [1.82, 2.24) is 5.32 Å². The van der Waals surface area contributed by atoms with Gasteiger partial charge >= 0.3 is 0 Å². The number of amides is 2. The number of carbonyl (C=O) groups excluding carboxylic acids is 2. The molecule has 4 atom stereocenters. The molecule has 0 spiro atoms. The summed E-state index contributed by atoms with van der Waals surface area (Å²) in [5.41, 5.74) is 8.46. The fourth-order valence-corrected chi connectivity index (χ4v) is 4.10. The molecule has 5 nitrogen and oxygen atoms in total. The van der Waals surface area contributed by atoms with E-state index in [2.05, 4.69) is 10.6 Å². The maximum absolute atomic E-state index is 12.7. The molecule has 3 rings (SSSR count). The van der Waals surface area contributed by atoms with Crippen LogP contribution in [0.5, 0.6) is 0 Å². The molecule has 4 N–H and O–H groups in total. The molecule has 0 saturated heterocycles. The number of hydrogen-bond donors (Lipinski definition) is 3. The Labute approximate surface area is 137 Å². The summed E-state index contributed by atoms with van der Waals surface area (Å²) in [6.07, 6.45) is 3.34. The van der Waals surface area contributed by atoms with Crippen LogP contribution in [-0.4, -0.2) is 24.4 Å². The van der Waals surface area contributed by atoms with Crippen molar-refractivity contribution < 1.29 is 9.59 Å². The van der Waals surface area contributed by atoms with Gasteiger partial charge in [-0.1, -0.05) is 6.07 Å². The molecular weight excluding hydrogens is 290 g/mol. The predicted molar refractivity (Wildman–Crippen MR) is 90.1 cm³/mol. The largest absolute Gasteiger partial charge is 0.352 e. The molecule has 1 aromatic carbocycles. The number of aryl methyl sites for hydroxylation is 1. The molecule has 2 aliphatic carbocycles. The van der Waals surface area contributed by atoms with E-state index >= 15 is 0 Å². The molecular formula is C18H25N3O2. The molecule has 0 radical (unpaired) electrons. The fraction of sp³-hybridized carbons (Fsp3) is 0.556. The molecule has 2 aliphatic rings. The van der Waals surface area contributed by atoms with Gasteiger partial charge in [0.25, 0.3) is 5.91 Å². The van der Waals surface area contributed by atoms with Crippen LogP contribution in [0.3, 0.4) is 0 Å². The second-order valence-electron chi connectivity index (χ2n) is 6.81. The van der Waals surface area contributed by atoms with Crippen molar-refractivity contribution in [3.63, 3.8) is 0 Å². The van der Waals surface area contributed by atoms with Crippen molar-refractivity contribution in [2.45, 2.75) is 39.2 Å². The Hall–Kier alpha value is -1.88. The third-order valence-corrected chi connectivity index (χ3v) is 5.38. The SMILES string of the molecule is CCNC(=O)c1ccc(C)c(NC(=O)C2C3CCC(C3)C2N)c1. The summed E-state index contributed by atoms with van der Waals surface area (Å²) in [5, 5.41) is 5.78. The van der Waals surface area contributed by atoms with E-state index in [4.69, 9.17) is 5.73 Å². The van der Waals surface area contributed by atoms with Gasteiger partial charge in [-0.15, -0.1) is 0 Å². The number of nitrogens with one attached hydrogen (secondary N) is 2. The second kappa shape index (κ2) is 6.32. The number of fused-ring (bicyclic) bond motifs is 2. The van der Waals surface area contributed by atoms with Crippen LogP contribution in [-0.2, 0) is 4.79 Å². The molecule has 2 saturated carbocycles. The Bertz CT molecular complexity index is 627. The predicted octanol–water partition coefficient (Wildman–Crippen LogP) is 2.06. The van der Waals surface area contributed by atoms with Crippen LogP contribution in [0.4, 0.5) is 5.69 Å². The van der Waals surface area contributed by atoms with E-state index in [0.29, 0.717) is 29.6 Å². The van der Waals surface area contributed by atoms with Gasteiger partial charge in [0.1, 0.15) is 0 Å². The van der Waals surface area contributed by atoms with E-state index in [9.17, 15) is 9.59 Å². The van der Waals surface area contributed by atoms with Crippen molar-refractivity contribution >= 4 is 17.5 Å². The summed E-state index contributed by atoms with van der Waals surface area (Å²) in [7, 11) is 0. The van der Waals surface area contributed by atoms with E-state index < -0.39 is 0 Å². The highest BCUT2D eigenvalue weighted by Gasteiger charge is 2.49. The monoisotopic (exact) mass is 315 g/mol. The Kier molecular flexibility index (Phi) is 4.39. The van der Waals surface area contributed by atoms with Crippen molar-refractivity contribution in [1.29, 1.82) is 0 Å². The van der Waals surface area contributed by atoms with Crippen LogP contribution in [0.2, 0.25) is 0 Å². The maximum Gasteiger partial charge on any atom is 0.251 e. The molecule has 0 heterocycles. The topological polar surface area (TPSA) is 84.2 Å². The number of hydrogen-bond acceptors (Lipinski definition) is 3. The Morgan fingerprint density at radius 2 is 2.00 bits per heavy atom. The minimum Gasteiger partial charge on any atom is -0.352 e. The Morgan fingerprint density at radius 1 is 1.26 bits per heavy atom. The normalized spacial score (nSPS) is 28.7. The third-order valence-electron chi connectivity index (χ3n) is 5.38. The zero-order valence-corrected chi connectivity index (χ0v) is 13.8. The zero-order valence-electron chi connectivity index (χ0n) is 13.8. The molecule has 2 bridgehead atoms. The Balaban J connectivity index is 1.75. The molecule has 4 unspecified atom stereocenters. The summed E-state index contributed by atoms with van der Waals surface area (Å²) in [5.74, 6) is 0.696. The highest BCUT2D eigenvalue weighted by molar-refractivity contribution is 5.98. The molecule has 0 aliphatic heterocycles. The number of nitrogens with two attached hydrogens (primary N) is 1. The summed E-state index contributed by atoms with van der Waals surface area (Å²) in [6, 6.07) is 5.36. The van der Waals surface area contributed by atoms with Crippen LogP contribution >= 0.6 is 0 Å². The van der Waals surface area contributed by atoms with Crippen molar-refractivity contribution in [2.75, 3.05) is 11.9 Å². The maximum atomic E-state index is 12.7. The number of carbonyl (C=O) groups is 2. The van der Waals surface area contributed by atoms with Gasteiger partial charge < -0.3 is 16.4 Å². The van der Waals surface area contributed by atoms with Crippen molar-refractivity contribution in [2.24, 2.45) is 23.5 Å². The van der Waals surface area contributed by atoms with E-state index in [1.165, 1.54) is 0 Å². The van der Waals surface area contributed by atoms with Gasteiger partial charge in [0.05, 0.1) is 5.92 Å². The fourth-order valence-electron chi connectivity index (χ4n) is 4.10. The summed E-state index contributed by atoms with van der Waals surface area (Å²) in [6.45, 7) is 4.39. The van der Waals surface area contributed by atoms with E-state index in [1.54, 1.807) is 12.1 Å². The number of anilines is 1. The summed E-state index contributed by atoms with van der Waals surface area (Å²) >= 11 is 0. The molecule has 1 aromatic rings. The summed E-state index contributed by atoms with van der Waals surface area (Å²) < 4.78 is 0. The molecule has 2 amide bonds. The van der Waals surface area contributed by atoms with Crippen LogP contribution in [0.25, 0.3) is 0 Å². The van der Waals surface area contributed by atoms with E-state index in [-0.39, 0.29) is 23.8 Å². The average molecular weight is 315 g/mol. The van der Waals surface area contributed by atoms with Crippen LogP contribution in [0.15, 0.2) is 18.2 Å². The van der Waals surface area contributed by atoms with Gasteiger partial charge in [0.2, 0.25) is 5.91 Å². The minimum absolute atomic E-state index is 0.000787. The smallest absolute Gasteiger partial charge is 0.251 e. The lowest BCUT2D eigenvalue weighted by molar-refractivity contribution is -0.121. The number of rotatable bonds is 4. The lowest BCUT2D eigenvalue weighted by Gasteiger charge is -2.27. The van der Waals surface area contributed by atoms with Gasteiger partial charge in [-0.2, -0.15) is 0 Å². The van der Waals surface area contributed by atoms with Crippen LogP contribution < -0.4 is 16.4 Å². The molecule has 0 aromatic heterocycles. The van der Waals surface area contributed by atoms with Gasteiger partial charge in [0, 0.05) is 23.8 Å². The van der Waals surface area contributed by atoms with Crippen LogP contribution in [0.1, 0.15) is 42.1 Å². The first kappa shape index (κ1) is 16.0. The first-order valence-corrected chi connectivity index (χ1v) is 8.46. The average Bonchev–Trinajstić information content (AvgIpc) is 3.10. The van der Waals surface area contributed by atoms with Gasteiger partial charge in [-0.05, 0) is 62.6 Å². The zero-order chi connectivity index (χ0) is 16.6. The highest BCUT2D eigenvalue weighted by atomic mass is 16.2. The Morgan fingerprint density at radius 3 is 2.65 bits per heavy atom. The first-order chi connectivity index (χ1) is 11.0. The van der Waals surface area contributed by atoms with Gasteiger partial charge in [-0.25, -0.2) is 0 Å². The van der Waals surface area contributed by atoms with Crippen molar-refractivity contribution in [3.8, 4) is 0 Å². The lowest BCUT2D eigenvalue weighted by Crippen LogP contribution is -2.42. The summed E-state index contributed by atoms with van der Waals surface area (Å²) in [4.78, 5) is 24.6. The number of benzene rings is 1. The quantitative estimate of drug-likeness (QED) is 0.795. The molecule has 2 fully saturated rings. The highest BCUT2D eigenvalue weighted by Crippen LogP contribution is 2.47. The van der Waals surface area contributed by atoms with Gasteiger partial charge in [-0.3, -0.25) is 9.59 Å². The molecule has 5 heteroatoms. The van der Waals surface area contributed by atoms with Crippen molar-refractivity contribution in [3.05, 3.63) is 29.3 Å². The molecule has 23 heavy (non-hydrogen) atoms. The minimum atomic E-state index is -0.125.